The molecule has 138 valence electrons. The molecule has 1 aromatic rings. The first-order chi connectivity index (χ1) is 11.8. The molecule has 0 saturated carbocycles. The number of ether oxygens (including phenoxy) is 1. The van der Waals surface area contributed by atoms with Crippen molar-refractivity contribution in [1.29, 1.82) is 0 Å². The number of thioether (sulfide) groups is 1. The van der Waals surface area contributed by atoms with Crippen LogP contribution < -0.4 is 0 Å². The van der Waals surface area contributed by atoms with Crippen molar-refractivity contribution in [2.45, 2.75) is 45.5 Å². The number of hydrogen-bond acceptors (Lipinski definition) is 4. The summed E-state index contributed by atoms with van der Waals surface area (Å²) in [6, 6.07) is 6.42. The fourth-order valence-corrected chi connectivity index (χ4v) is 4.56. The molecule has 1 amide bonds. The van der Waals surface area contributed by atoms with E-state index < -0.39 is 6.04 Å². The molecule has 2 rings (SSSR count). The third-order valence-electron chi connectivity index (χ3n) is 3.94. The maximum absolute atomic E-state index is 13.1. The Hall–Kier alpha value is -1.20. The largest absolute Gasteiger partial charge is 0.464 e. The molecule has 0 bridgehead atoms. The van der Waals surface area contributed by atoms with Crippen molar-refractivity contribution in [2.75, 3.05) is 12.4 Å². The Morgan fingerprint density at radius 1 is 1.24 bits per heavy atom. The summed E-state index contributed by atoms with van der Waals surface area (Å²) in [5.41, 5.74) is 0.432. The predicted octanol–water partition coefficient (Wildman–Crippen LogP) is 4.47. The summed E-state index contributed by atoms with van der Waals surface area (Å²) in [5.74, 6) is 0.715. The van der Waals surface area contributed by atoms with Crippen molar-refractivity contribution >= 4 is 35.2 Å². The first kappa shape index (κ1) is 20.1. The Labute approximate surface area is 159 Å². The summed E-state index contributed by atoms with van der Waals surface area (Å²) in [6.07, 6.45) is 0.828. The highest BCUT2D eigenvalue weighted by molar-refractivity contribution is 8.00. The quantitative estimate of drug-likeness (QED) is 0.680. The second-order valence-corrected chi connectivity index (χ2v) is 8.77. The van der Waals surface area contributed by atoms with Crippen LogP contribution >= 0.6 is 23.4 Å². The highest BCUT2D eigenvalue weighted by Crippen LogP contribution is 2.36. The number of hydrogen-bond donors (Lipinski definition) is 0. The van der Waals surface area contributed by atoms with E-state index in [-0.39, 0.29) is 23.2 Å². The Kier molecular flexibility index (Phi) is 7.20. The fourth-order valence-electron chi connectivity index (χ4n) is 2.72. The lowest BCUT2D eigenvalue weighted by Crippen LogP contribution is -2.47. The lowest BCUT2D eigenvalue weighted by molar-refractivity contribution is -0.149. The molecule has 6 heteroatoms. The zero-order chi connectivity index (χ0) is 18.6. The smallest absolute Gasteiger partial charge is 0.329 e. The van der Waals surface area contributed by atoms with Gasteiger partial charge in [-0.1, -0.05) is 51.4 Å². The molecule has 2 unspecified atom stereocenters. The predicted molar refractivity (Wildman–Crippen MR) is 103 cm³/mol. The summed E-state index contributed by atoms with van der Waals surface area (Å²) in [6.45, 7) is 8.57. The Bertz CT molecular complexity index is 620. The molecule has 1 saturated heterocycles. The minimum Gasteiger partial charge on any atom is -0.464 e. The van der Waals surface area contributed by atoms with E-state index in [1.807, 2.05) is 13.8 Å². The molecule has 1 aliphatic rings. The van der Waals surface area contributed by atoms with Crippen molar-refractivity contribution in [3.05, 3.63) is 34.9 Å². The van der Waals surface area contributed by atoms with Gasteiger partial charge in [0, 0.05) is 5.75 Å². The van der Waals surface area contributed by atoms with E-state index in [1.165, 1.54) is 0 Å². The standard InChI is InChI=1S/C19H26ClNO3S/c1-12(2)9-17-21(18(22)14-7-5-6-8-15(14)20)16(11-25-17)19(23)24-10-13(3)4/h5-8,12-13,16-17H,9-11H2,1-4H3. The van der Waals surface area contributed by atoms with Crippen LogP contribution in [-0.4, -0.2) is 40.6 Å². The second-order valence-electron chi connectivity index (χ2n) is 7.15. The molecule has 0 spiro atoms. The Morgan fingerprint density at radius 2 is 1.92 bits per heavy atom. The van der Waals surface area contributed by atoms with Crippen LogP contribution in [0.15, 0.2) is 24.3 Å². The van der Waals surface area contributed by atoms with Gasteiger partial charge in [-0.15, -0.1) is 11.8 Å². The summed E-state index contributed by atoms with van der Waals surface area (Å²) in [5, 5.41) is 0.363. The lowest BCUT2D eigenvalue weighted by Gasteiger charge is -2.29. The van der Waals surface area contributed by atoms with E-state index in [9.17, 15) is 9.59 Å². The number of amides is 1. The van der Waals surface area contributed by atoms with Crippen LogP contribution in [0, 0.1) is 11.8 Å². The molecule has 1 fully saturated rings. The van der Waals surface area contributed by atoms with Gasteiger partial charge in [-0.2, -0.15) is 0 Å². The van der Waals surface area contributed by atoms with Gasteiger partial charge in [-0.3, -0.25) is 4.79 Å². The molecule has 0 aliphatic carbocycles. The van der Waals surface area contributed by atoms with Gasteiger partial charge in [-0.25, -0.2) is 4.79 Å². The molecular formula is C19H26ClNO3S. The zero-order valence-electron chi connectivity index (χ0n) is 15.2. The molecular weight excluding hydrogens is 358 g/mol. The highest BCUT2D eigenvalue weighted by Gasteiger charge is 2.43. The molecule has 25 heavy (non-hydrogen) atoms. The summed E-state index contributed by atoms with van der Waals surface area (Å²) in [4.78, 5) is 27.4. The van der Waals surface area contributed by atoms with Crippen molar-refractivity contribution in [3.63, 3.8) is 0 Å². The number of esters is 1. The third kappa shape index (κ3) is 5.14. The minimum absolute atomic E-state index is 0.0413. The third-order valence-corrected chi connectivity index (χ3v) is 5.58. The average molecular weight is 384 g/mol. The van der Waals surface area contributed by atoms with Crippen molar-refractivity contribution in [2.24, 2.45) is 11.8 Å². The Balaban J connectivity index is 2.25. The van der Waals surface area contributed by atoms with Crippen LogP contribution in [-0.2, 0) is 9.53 Å². The summed E-state index contributed by atoms with van der Waals surface area (Å²) in [7, 11) is 0. The van der Waals surface area contributed by atoms with E-state index in [0.29, 0.717) is 28.9 Å². The van der Waals surface area contributed by atoms with E-state index in [1.54, 1.807) is 40.9 Å². The van der Waals surface area contributed by atoms with E-state index in [2.05, 4.69) is 13.8 Å². The number of rotatable bonds is 6. The number of carbonyl (C=O) groups is 2. The van der Waals surface area contributed by atoms with Crippen LogP contribution in [0.3, 0.4) is 0 Å². The van der Waals surface area contributed by atoms with Crippen LogP contribution in [0.4, 0.5) is 0 Å². The first-order valence-corrected chi connectivity index (χ1v) is 10.1. The molecule has 1 heterocycles. The van der Waals surface area contributed by atoms with Gasteiger partial charge in [0.15, 0.2) is 0 Å². The van der Waals surface area contributed by atoms with Gasteiger partial charge >= 0.3 is 5.97 Å². The van der Waals surface area contributed by atoms with Crippen molar-refractivity contribution in [3.8, 4) is 0 Å². The second kappa shape index (κ2) is 8.95. The highest BCUT2D eigenvalue weighted by atomic mass is 35.5. The van der Waals surface area contributed by atoms with Crippen molar-refractivity contribution in [1.82, 2.24) is 4.90 Å². The van der Waals surface area contributed by atoms with Crippen LogP contribution in [0.25, 0.3) is 0 Å². The minimum atomic E-state index is -0.559. The maximum atomic E-state index is 13.1. The normalized spacial score (nSPS) is 20.4. The van der Waals surface area contributed by atoms with Gasteiger partial charge < -0.3 is 9.64 Å². The molecule has 1 aromatic carbocycles. The monoisotopic (exact) mass is 383 g/mol. The fraction of sp³-hybridized carbons (Fsp3) is 0.579. The molecule has 1 aliphatic heterocycles. The summed E-state index contributed by atoms with van der Waals surface area (Å²) < 4.78 is 5.41. The van der Waals surface area contributed by atoms with Crippen LogP contribution in [0.1, 0.15) is 44.5 Å². The van der Waals surface area contributed by atoms with E-state index >= 15 is 0 Å². The molecule has 0 radical (unpaired) electrons. The topological polar surface area (TPSA) is 46.6 Å². The van der Waals surface area contributed by atoms with Crippen LogP contribution in [0.5, 0.6) is 0 Å². The Morgan fingerprint density at radius 3 is 2.52 bits per heavy atom. The SMILES string of the molecule is CC(C)COC(=O)C1CSC(CC(C)C)N1C(=O)c1ccccc1Cl. The summed E-state index contributed by atoms with van der Waals surface area (Å²) >= 11 is 7.85. The molecule has 2 atom stereocenters. The first-order valence-electron chi connectivity index (χ1n) is 8.66. The lowest BCUT2D eigenvalue weighted by atomic mass is 10.1. The molecule has 4 nitrogen and oxygen atoms in total. The van der Waals surface area contributed by atoms with Gasteiger partial charge in [0.25, 0.3) is 5.91 Å². The molecule has 0 aromatic heterocycles. The number of carbonyl (C=O) groups excluding carboxylic acids is 2. The van der Waals surface area contributed by atoms with Gasteiger partial charge in [-0.05, 0) is 30.4 Å². The number of halogens is 1. The molecule has 0 N–H and O–H groups in total. The van der Waals surface area contributed by atoms with E-state index in [0.717, 1.165) is 6.42 Å². The van der Waals surface area contributed by atoms with Gasteiger partial charge in [0.2, 0.25) is 0 Å². The average Bonchev–Trinajstić information content (AvgIpc) is 2.95. The van der Waals surface area contributed by atoms with Crippen molar-refractivity contribution < 1.29 is 14.3 Å². The van der Waals surface area contributed by atoms with E-state index in [4.69, 9.17) is 16.3 Å². The van der Waals surface area contributed by atoms with Gasteiger partial charge in [0.1, 0.15) is 6.04 Å². The van der Waals surface area contributed by atoms with Gasteiger partial charge in [0.05, 0.1) is 22.6 Å². The number of benzene rings is 1. The zero-order valence-corrected chi connectivity index (χ0v) is 16.8. The number of nitrogens with zero attached hydrogens (tertiary/aromatic N) is 1. The maximum Gasteiger partial charge on any atom is 0.329 e. The van der Waals surface area contributed by atoms with Crippen LogP contribution in [0.2, 0.25) is 5.02 Å².